The van der Waals surface area contributed by atoms with E-state index < -0.39 is 0 Å². The van der Waals surface area contributed by atoms with E-state index in [2.05, 4.69) is 37.8 Å². The molecule has 0 radical (unpaired) electrons. The quantitative estimate of drug-likeness (QED) is 0.837. The number of piperazine rings is 1. The lowest BCUT2D eigenvalue weighted by Gasteiger charge is -2.36. The van der Waals surface area contributed by atoms with E-state index in [9.17, 15) is 4.79 Å². The maximum atomic E-state index is 12.3. The van der Waals surface area contributed by atoms with Crippen LogP contribution in [-0.2, 0) is 11.2 Å². The van der Waals surface area contributed by atoms with Gasteiger partial charge in [0.2, 0.25) is 5.91 Å². The van der Waals surface area contributed by atoms with Crippen LogP contribution in [0.4, 0.5) is 0 Å². The molecule has 1 aliphatic heterocycles. The number of hydrogen-bond donors (Lipinski definition) is 0. The average Bonchev–Trinajstić information content (AvgIpc) is 2.52. The van der Waals surface area contributed by atoms with Gasteiger partial charge < -0.3 is 9.64 Å². The number of carbonyl (C=O) groups is 1. The van der Waals surface area contributed by atoms with E-state index in [1.807, 2.05) is 17.0 Å². The number of para-hydroxylation sites is 1. The number of nitrogens with zero attached hydrogens (tertiary/aromatic N) is 2. The van der Waals surface area contributed by atoms with E-state index in [4.69, 9.17) is 4.74 Å². The molecule has 0 atom stereocenters. The van der Waals surface area contributed by atoms with Crippen LogP contribution in [-0.4, -0.2) is 55.5 Å². The Morgan fingerprint density at radius 3 is 2.39 bits per heavy atom. The van der Waals surface area contributed by atoms with Gasteiger partial charge >= 0.3 is 0 Å². The molecule has 1 aliphatic rings. The van der Waals surface area contributed by atoms with Crippen molar-refractivity contribution in [3.05, 3.63) is 29.8 Å². The van der Waals surface area contributed by atoms with Crippen LogP contribution in [0, 0.1) is 5.41 Å². The molecule has 0 aromatic heterocycles. The Bertz CT molecular complexity index is 514. The van der Waals surface area contributed by atoms with Crippen LogP contribution < -0.4 is 4.74 Å². The Kier molecular flexibility index (Phi) is 6.05. The topological polar surface area (TPSA) is 32.8 Å². The van der Waals surface area contributed by atoms with Crippen molar-refractivity contribution in [2.24, 2.45) is 5.41 Å². The van der Waals surface area contributed by atoms with Crippen molar-refractivity contribution >= 4 is 5.91 Å². The minimum Gasteiger partial charge on any atom is -0.496 e. The van der Waals surface area contributed by atoms with Crippen LogP contribution in [0.2, 0.25) is 0 Å². The predicted octanol–water partition coefficient (Wildman–Crippen LogP) is 2.82. The SMILES string of the molecule is COc1ccccc1CCN1CCN(C(=O)CC(C)(C)C)CC1. The van der Waals surface area contributed by atoms with Gasteiger partial charge in [-0.05, 0) is 23.5 Å². The zero-order chi connectivity index (χ0) is 16.9. The molecule has 1 fully saturated rings. The van der Waals surface area contributed by atoms with Crippen molar-refractivity contribution in [3.63, 3.8) is 0 Å². The highest BCUT2D eigenvalue weighted by molar-refractivity contribution is 5.76. The zero-order valence-electron chi connectivity index (χ0n) is 15.0. The third-order valence-electron chi connectivity index (χ3n) is 4.30. The van der Waals surface area contributed by atoms with Gasteiger partial charge in [0.15, 0.2) is 0 Å². The highest BCUT2D eigenvalue weighted by Crippen LogP contribution is 2.21. The molecule has 1 aromatic rings. The summed E-state index contributed by atoms with van der Waals surface area (Å²) in [5, 5.41) is 0. The van der Waals surface area contributed by atoms with Gasteiger partial charge in [-0.1, -0.05) is 39.0 Å². The fraction of sp³-hybridized carbons (Fsp3) is 0.632. The first-order valence-electron chi connectivity index (χ1n) is 8.51. The van der Waals surface area contributed by atoms with Gasteiger partial charge in [-0.2, -0.15) is 0 Å². The minimum absolute atomic E-state index is 0.0675. The van der Waals surface area contributed by atoms with Gasteiger partial charge in [-0.3, -0.25) is 9.69 Å². The lowest BCUT2D eigenvalue weighted by Crippen LogP contribution is -2.49. The molecule has 2 rings (SSSR count). The monoisotopic (exact) mass is 318 g/mol. The fourth-order valence-electron chi connectivity index (χ4n) is 2.97. The summed E-state index contributed by atoms with van der Waals surface area (Å²) in [5.74, 6) is 1.26. The summed E-state index contributed by atoms with van der Waals surface area (Å²) < 4.78 is 5.41. The average molecular weight is 318 g/mol. The van der Waals surface area contributed by atoms with E-state index in [0.717, 1.165) is 44.9 Å². The van der Waals surface area contributed by atoms with Crippen molar-refractivity contribution in [2.45, 2.75) is 33.6 Å². The Balaban J connectivity index is 1.78. The Hall–Kier alpha value is -1.55. The minimum atomic E-state index is 0.0675. The van der Waals surface area contributed by atoms with Crippen LogP contribution in [0.1, 0.15) is 32.8 Å². The summed E-state index contributed by atoms with van der Waals surface area (Å²) >= 11 is 0. The molecule has 0 unspecified atom stereocenters. The summed E-state index contributed by atoms with van der Waals surface area (Å²) in [7, 11) is 1.72. The van der Waals surface area contributed by atoms with Crippen molar-refractivity contribution in [1.29, 1.82) is 0 Å². The van der Waals surface area contributed by atoms with Gasteiger partial charge in [0.25, 0.3) is 0 Å². The number of carbonyl (C=O) groups excluding carboxylic acids is 1. The third kappa shape index (κ3) is 5.54. The van der Waals surface area contributed by atoms with Crippen LogP contribution in [0.25, 0.3) is 0 Å². The lowest BCUT2D eigenvalue weighted by atomic mass is 9.91. The van der Waals surface area contributed by atoms with E-state index >= 15 is 0 Å². The van der Waals surface area contributed by atoms with Gasteiger partial charge in [0, 0.05) is 39.1 Å². The Labute approximate surface area is 140 Å². The van der Waals surface area contributed by atoms with E-state index in [-0.39, 0.29) is 5.41 Å². The number of methoxy groups -OCH3 is 1. The number of ether oxygens (including phenoxy) is 1. The molecule has 0 bridgehead atoms. The molecule has 23 heavy (non-hydrogen) atoms. The molecule has 128 valence electrons. The predicted molar refractivity (Wildman–Crippen MR) is 93.8 cm³/mol. The lowest BCUT2D eigenvalue weighted by molar-refractivity contribution is -0.134. The molecule has 0 spiro atoms. The van der Waals surface area contributed by atoms with Crippen LogP contribution in [0.15, 0.2) is 24.3 Å². The smallest absolute Gasteiger partial charge is 0.223 e. The number of hydrogen-bond acceptors (Lipinski definition) is 3. The molecule has 4 nitrogen and oxygen atoms in total. The molecule has 0 aliphatic carbocycles. The molecule has 1 saturated heterocycles. The molecule has 1 aromatic carbocycles. The summed E-state index contributed by atoms with van der Waals surface area (Å²) in [6.45, 7) is 11.0. The summed E-state index contributed by atoms with van der Waals surface area (Å²) in [4.78, 5) is 16.7. The maximum Gasteiger partial charge on any atom is 0.223 e. The third-order valence-corrected chi connectivity index (χ3v) is 4.30. The second-order valence-corrected chi connectivity index (χ2v) is 7.52. The molecular formula is C19H30N2O2. The highest BCUT2D eigenvalue weighted by atomic mass is 16.5. The molecule has 0 N–H and O–H groups in total. The second kappa shape index (κ2) is 7.82. The Morgan fingerprint density at radius 1 is 1.13 bits per heavy atom. The van der Waals surface area contributed by atoms with Crippen LogP contribution in [0.5, 0.6) is 5.75 Å². The van der Waals surface area contributed by atoms with Gasteiger partial charge in [-0.15, -0.1) is 0 Å². The van der Waals surface area contributed by atoms with E-state index in [1.54, 1.807) is 7.11 Å². The number of rotatable bonds is 5. The summed E-state index contributed by atoms with van der Waals surface area (Å²) in [6.07, 6.45) is 1.62. The zero-order valence-corrected chi connectivity index (χ0v) is 15.0. The normalized spacial score (nSPS) is 16.4. The van der Waals surface area contributed by atoms with Crippen molar-refractivity contribution in [1.82, 2.24) is 9.80 Å². The van der Waals surface area contributed by atoms with Crippen LogP contribution >= 0.6 is 0 Å². The van der Waals surface area contributed by atoms with Crippen molar-refractivity contribution in [3.8, 4) is 5.75 Å². The van der Waals surface area contributed by atoms with Crippen molar-refractivity contribution < 1.29 is 9.53 Å². The number of amides is 1. The molecule has 1 heterocycles. The second-order valence-electron chi connectivity index (χ2n) is 7.52. The molecular weight excluding hydrogens is 288 g/mol. The van der Waals surface area contributed by atoms with Gasteiger partial charge in [-0.25, -0.2) is 0 Å². The van der Waals surface area contributed by atoms with Gasteiger partial charge in [0.1, 0.15) is 5.75 Å². The first kappa shape index (κ1) is 17.8. The van der Waals surface area contributed by atoms with Crippen LogP contribution in [0.3, 0.4) is 0 Å². The van der Waals surface area contributed by atoms with Gasteiger partial charge in [0.05, 0.1) is 7.11 Å². The first-order valence-corrected chi connectivity index (χ1v) is 8.51. The first-order chi connectivity index (χ1) is 10.9. The Morgan fingerprint density at radius 2 is 1.78 bits per heavy atom. The molecule has 1 amide bonds. The largest absolute Gasteiger partial charge is 0.496 e. The van der Waals surface area contributed by atoms with E-state index in [0.29, 0.717) is 12.3 Å². The van der Waals surface area contributed by atoms with Crippen molar-refractivity contribution in [2.75, 3.05) is 39.8 Å². The van der Waals surface area contributed by atoms with E-state index in [1.165, 1.54) is 5.56 Å². The summed E-state index contributed by atoms with van der Waals surface area (Å²) in [5.41, 5.74) is 1.32. The number of benzene rings is 1. The maximum absolute atomic E-state index is 12.3. The standard InChI is InChI=1S/C19H30N2O2/c1-19(2,3)15-18(22)21-13-11-20(12-14-21)10-9-16-7-5-6-8-17(16)23-4/h5-8H,9-15H2,1-4H3. The molecule has 4 heteroatoms. The highest BCUT2D eigenvalue weighted by Gasteiger charge is 2.24. The summed E-state index contributed by atoms with van der Waals surface area (Å²) in [6, 6.07) is 8.20. The molecule has 0 saturated carbocycles. The fourth-order valence-corrected chi connectivity index (χ4v) is 2.97.